The average molecular weight is 547 g/mol. The van der Waals surface area contributed by atoms with Crippen molar-refractivity contribution in [3.63, 3.8) is 0 Å². The number of carbonyl (C=O) groups excluding carboxylic acids is 2. The summed E-state index contributed by atoms with van der Waals surface area (Å²) >= 11 is 2.42. The van der Waals surface area contributed by atoms with Crippen LogP contribution in [-0.2, 0) is 25.8 Å². The number of anilines is 1. The van der Waals surface area contributed by atoms with Gasteiger partial charge in [0.15, 0.2) is 16.4 Å². The number of oxime groups is 1. The largest absolute Gasteiger partial charge is 0.477 e. The van der Waals surface area contributed by atoms with Gasteiger partial charge in [0.25, 0.3) is 11.8 Å². The molecule has 2 aliphatic rings. The highest BCUT2D eigenvalue weighted by Crippen LogP contribution is 2.40. The molecular formula is C22H21FN7O5S2+. The van der Waals surface area contributed by atoms with E-state index in [1.54, 1.807) is 0 Å². The molecule has 0 spiro atoms. The molecule has 0 aliphatic carbocycles. The Morgan fingerprint density at radius 1 is 1.41 bits per heavy atom. The first-order valence-electron chi connectivity index (χ1n) is 11.0. The second-order valence-electron chi connectivity index (χ2n) is 8.10. The van der Waals surface area contributed by atoms with Gasteiger partial charge in [0.05, 0.1) is 6.20 Å². The zero-order valence-corrected chi connectivity index (χ0v) is 20.7. The molecule has 192 valence electrons. The minimum atomic E-state index is -1.22. The van der Waals surface area contributed by atoms with Crippen molar-refractivity contribution in [2.24, 2.45) is 5.16 Å². The van der Waals surface area contributed by atoms with E-state index in [1.807, 2.05) is 45.9 Å². The molecule has 4 N–H and O–H groups in total. The molecule has 0 bridgehead atoms. The normalized spacial score (nSPS) is 19.5. The van der Waals surface area contributed by atoms with Gasteiger partial charge < -0.3 is 21.0 Å². The van der Waals surface area contributed by atoms with Crippen LogP contribution in [0.1, 0.15) is 5.69 Å². The number of aromatic nitrogens is 3. The Balaban J connectivity index is 1.34. The summed E-state index contributed by atoms with van der Waals surface area (Å²) in [7, 11) is 0. The third kappa shape index (κ3) is 4.74. The first-order chi connectivity index (χ1) is 17.9. The van der Waals surface area contributed by atoms with Gasteiger partial charge in [0.2, 0.25) is 6.33 Å². The van der Waals surface area contributed by atoms with Gasteiger partial charge in [-0.1, -0.05) is 11.2 Å². The molecule has 2 amide bonds. The fourth-order valence-corrected chi connectivity index (χ4v) is 6.00. The lowest BCUT2D eigenvalue weighted by atomic mass is 10.0. The molecule has 37 heavy (non-hydrogen) atoms. The van der Waals surface area contributed by atoms with Crippen molar-refractivity contribution in [2.45, 2.75) is 18.0 Å². The van der Waals surface area contributed by atoms with Crippen LogP contribution in [0.5, 0.6) is 0 Å². The zero-order chi connectivity index (χ0) is 26.1. The number of aliphatic carboxylic acids is 1. The number of pyridine rings is 1. The molecule has 0 aromatic carbocycles. The third-order valence-corrected chi connectivity index (χ3v) is 7.72. The Kier molecular flexibility index (Phi) is 6.80. The van der Waals surface area contributed by atoms with Gasteiger partial charge >= 0.3 is 5.97 Å². The maximum Gasteiger partial charge on any atom is 0.352 e. The number of alkyl halides is 1. The second-order valence-corrected chi connectivity index (χ2v) is 10.1. The number of carboxylic acids is 1. The van der Waals surface area contributed by atoms with E-state index in [4.69, 9.17) is 10.6 Å². The van der Waals surface area contributed by atoms with E-state index in [-0.39, 0.29) is 35.4 Å². The molecule has 1 fully saturated rings. The molecular weight excluding hydrogens is 525 g/mol. The van der Waals surface area contributed by atoms with E-state index in [9.17, 15) is 23.9 Å². The van der Waals surface area contributed by atoms with Crippen molar-refractivity contribution in [3.8, 4) is 0 Å². The number of nitrogens with zero attached hydrogens (tertiary/aromatic N) is 5. The molecule has 5 heterocycles. The molecule has 2 aliphatic heterocycles. The van der Waals surface area contributed by atoms with Gasteiger partial charge in [-0.2, -0.15) is 0 Å². The molecule has 0 radical (unpaired) electrons. The van der Waals surface area contributed by atoms with E-state index in [2.05, 4.69) is 15.5 Å². The Bertz CT molecular complexity index is 1420. The van der Waals surface area contributed by atoms with Crippen LogP contribution in [0, 0.1) is 0 Å². The summed E-state index contributed by atoms with van der Waals surface area (Å²) in [4.78, 5) is 48.2. The molecule has 0 saturated carbocycles. The highest BCUT2D eigenvalue weighted by Gasteiger charge is 2.54. The van der Waals surface area contributed by atoms with Crippen molar-refractivity contribution in [1.82, 2.24) is 19.6 Å². The van der Waals surface area contributed by atoms with Gasteiger partial charge in [-0.05, 0) is 12.1 Å². The number of nitrogen functional groups attached to an aromatic ring is 1. The van der Waals surface area contributed by atoms with Crippen LogP contribution in [-0.4, -0.2) is 73.3 Å². The molecule has 5 rings (SSSR count). The van der Waals surface area contributed by atoms with Gasteiger partial charge in [0, 0.05) is 16.7 Å². The number of β-lactam (4-membered cyclic amide) rings is 1. The van der Waals surface area contributed by atoms with E-state index in [0.29, 0.717) is 11.3 Å². The number of halogens is 1. The number of thioether (sulfide) groups is 1. The van der Waals surface area contributed by atoms with Crippen LogP contribution < -0.4 is 15.6 Å². The predicted octanol–water partition coefficient (Wildman–Crippen LogP) is 0.395. The third-order valence-electron chi connectivity index (χ3n) is 5.71. The predicted molar refractivity (Wildman–Crippen MR) is 132 cm³/mol. The van der Waals surface area contributed by atoms with Gasteiger partial charge in [0.1, 0.15) is 48.8 Å². The van der Waals surface area contributed by atoms with Gasteiger partial charge in [-0.15, -0.1) is 23.1 Å². The second kappa shape index (κ2) is 10.2. The van der Waals surface area contributed by atoms with Crippen molar-refractivity contribution >= 4 is 57.2 Å². The monoisotopic (exact) mass is 546 g/mol. The Labute approximate surface area is 217 Å². The molecule has 2 atom stereocenters. The summed E-state index contributed by atoms with van der Waals surface area (Å²) in [5, 5.41) is 17.3. The van der Waals surface area contributed by atoms with Crippen LogP contribution in [0.15, 0.2) is 58.7 Å². The van der Waals surface area contributed by atoms with Crippen LogP contribution in [0.2, 0.25) is 0 Å². The highest BCUT2D eigenvalue weighted by molar-refractivity contribution is 8.00. The van der Waals surface area contributed by atoms with E-state index in [0.717, 1.165) is 16.9 Å². The lowest BCUT2D eigenvalue weighted by Gasteiger charge is -2.49. The smallest absolute Gasteiger partial charge is 0.352 e. The maximum absolute atomic E-state index is 13.0. The van der Waals surface area contributed by atoms with E-state index < -0.39 is 35.9 Å². The quantitative estimate of drug-likeness (QED) is 0.114. The van der Waals surface area contributed by atoms with E-state index >= 15 is 0 Å². The number of nitrogens with one attached hydrogen (secondary N) is 1. The summed E-state index contributed by atoms with van der Waals surface area (Å²) in [6, 6.07) is 4.74. The van der Waals surface area contributed by atoms with Crippen molar-refractivity contribution in [1.29, 1.82) is 0 Å². The molecule has 3 aromatic heterocycles. The van der Waals surface area contributed by atoms with Crippen LogP contribution >= 0.6 is 23.1 Å². The number of thiazole rings is 1. The number of carboxylic acid groups (broad SMARTS) is 1. The van der Waals surface area contributed by atoms with Crippen LogP contribution in [0.3, 0.4) is 0 Å². The number of amides is 2. The number of nitrogens with two attached hydrogens (primary N) is 1. The standard InChI is InChI=1S/C22H20FN7O5S2/c23-4-6-35-27-15(14-10-37-22(24)25-14)18(31)26-16-19(32)30-17(21(33)34)12(9-36-20(16)30)7-28-8-13-3-1-2-5-29(13)11-28/h1-3,5,8,10-11,16,20H,4,6-7,9H2,(H3-,24,25,26,31,33,34)/p+1/b27-15-/t16-,20-/m1/s1. The lowest BCUT2D eigenvalue weighted by Crippen LogP contribution is -2.71. The minimum Gasteiger partial charge on any atom is -0.477 e. The zero-order valence-electron chi connectivity index (χ0n) is 19.1. The first-order valence-corrected chi connectivity index (χ1v) is 12.9. The minimum absolute atomic E-state index is 0.0885. The first kappa shape index (κ1) is 24.7. The highest BCUT2D eigenvalue weighted by atomic mass is 32.2. The number of rotatable bonds is 9. The summed E-state index contributed by atoms with van der Waals surface area (Å²) in [5.41, 5.74) is 6.93. The number of imidazole rings is 1. The molecule has 0 unspecified atom stereocenters. The van der Waals surface area contributed by atoms with E-state index in [1.165, 1.54) is 22.0 Å². The number of carbonyl (C=O) groups is 3. The van der Waals surface area contributed by atoms with Gasteiger partial charge in [-0.3, -0.25) is 14.5 Å². The molecule has 3 aromatic rings. The van der Waals surface area contributed by atoms with Gasteiger partial charge in [-0.25, -0.2) is 23.1 Å². The molecule has 1 saturated heterocycles. The Morgan fingerprint density at radius 2 is 2.24 bits per heavy atom. The topological polar surface area (TPSA) is 155 Å². The average Bonchev–Trinajstić information content (AvgIpc) is 3.50. The summed E-state index contributed by atoms with van der Waals surface area (Å²) in [6.45, 7) is -0.884. The van der Waals surface area contributed by atoms with Crippen LogP contribution in [0.25, 0.3) is 5.52 Å². The Hall–Kier alpha value is -3.98. The number of hydrogen-bond donors (Lipinski definition) is 3. The summed E-state index contributed by atoms with van der Waals surface area (Å²) in [6.07, 6.45) is 5.62. The Morgan fingerprint density at radius 3 is 2.95 bits per heavy atom. The molecule has 15 heteroatoms. The number of fused-ring (bicyclic) bond motifs is 2. The SMILES string of the molecule is Nc1nc(/C(=N/OCCF)C(=O)N[C@@H]2C(=O)N3C(C(=O)O)=C(C[n+]4cc5ccccn5c4)CS[C@H]23)cs1. The fourth-order valence-electron chi connectivity index (χ4n) is 4.11. The van der Waals surface area contributed by atoms with Crippen molar-refractivity contribution in [2.75, 3.05) is 24.8 Å². The van der Waals surface area contributed by atoms with Crippen molar-refractivity contribution in [3.05, 3.63) is 59.3 Å². The number of hydrogen-bond acceptors (Lipinski definition) is 9. The maximum atomic E-state index is 13.0. The van der Waals surface area contributed by atoms with Crippen LogP contribution in [0.4, 0.5) is 9.52 Å². The summed E-state index contributed by atoms with van der Waals surface area (Å²) in [5.74, 6) is -2.20. The lowest BCUT2D eigenvalue weighted by molar-refractivity contribution is -0.687. The summed E-state index contributed by atoms with van der Waals surface area (Å²) < 4.78 is 16.2. The fraction of sp³-hybridized carbons (Fsp3) is 0.273. The van der Waals surface area contributed by atoms with Crippen molar-refractivity contribution < 1.29 is 33.3 Å². The molecule has 12 nitrogen and oxygen atoms in total.